The van der Waals surface area contributed by atoms with Gasteiger partial charge in [0.2, 0.25) is 0 Å². The number of hydrogen-bond acceptors (Lipinski definition) is 3. The van der Waals surface area contributed by atoms with Gasteiger partial charge in [0.05, 0.1) is 5.56 Å². The Morgan fingerprint density at radius 3 is 2.63 bits per heavy atom. The first-order valence-electron chi connectivity index (χ1n) is 5.33. The van der Waals surface area contributed by atoms with Crippen LogP contribution in [0.1, 0.15) is 18.9 Å². The molecule has 4 N–H and O–H groups in total. The molecule has 1 atom stereocenters. The fraction of sp³-hybridized carbons (Fsp3) is 0.364. The second kappa shape index (κ2) is 5.77. The monoisotopic (exact) mass is 279 g/mol. The summed E-state index contributed by atoms with van der Waals surface area (Å²) in [5, 5.41) is 13.8. The number of nitrogens with zero attached hydrogens (tertiary/aromatic N) is 1. The van der Waals surface area contributed by atoms with Crippen molar-refractivity contribution in [2.75, 3.05) is 5.32 Å². The third-order valence-electron chi connectivity index (χ3n) is 2.33. The number of anilines is 1. The van der Waals surface area contributed by atoms with Crippen LogP contribution in [0.4, 0.5) is 23.2 Å². The molecule has 0 saturated carbocycles. The van der Waals surface area contributed by atoms with Crippen LogP contribution in [-0.2, 0) is 6.18 Å². The lowest BCUT2D eigenvalue weighted by molar-refractivity contribution is -0.139. The van der Waals surface area contributed by atoms with Crippen LogP contribution < -0.4 is 11.1 Å². The highest BCUT2D eigenvalue weighted by atomic mass is 19.4. The van der Waals surface area contributed by atoms with Crippen LogP contribution in [-0.4, -0.2) is 17.1 Å². The third-order valence-corrected chi connectivity index (χ3v) is 2.33. The van der Waals surface area contributed by atoms with Gasteiger partial charge in [0.15, 0.2) is 0 Å². The highest BCUT2D eigenvalue weighted by Crippen LogP contribution is 2.33. The fourth-order valence-electron chi connectivity index (χ4n) is 1.52. The Bertz CT molecular complexity index is 473. The number of nitrogens with two attached hydrogens (primary N) is 1. The topological polar surface area (TPSA) is 70.6 Å². The van der Waals surface area contributed by atoms with E-state index < -0.39 is 17.6 Å². The summed E-state index contributed by atoms with van der Waals surface area (Å²) >= 11 is 0. The van der Waals surface area contributed by atoms with Crippen LogP contribution in [0.5, 0.6) is 0 Å². The molecular weight excluding hydrogens is 266 g/mol. The minimum atomic E-state index is -4.75. The van der Waals surface area contributed by atoms with E-state index in [4.69, 9.17) is 10.9 Å². The van der Waals surface area contributed by atoms with E-state index in [2.05, 4.69) is 10.5 Å². The van der Waals surface area contributed by atoms with E-state index in [1.165, 1.54) is 6.07 Å². The Morgan fingerprint density at radius 1 is 1.47 bits per heavy atom. The molecule has 0 bridgehead atoms. The molecule has 1 unspecified atom stereocenters. The van der Waals surface area contributed by atoms with Gasteiger partial charge in [0, 0.05) is 18.2 Å². The molecule has 1 aromatic rings. The second-order valence-electron chi connectivity index (χ2n) is 4.03. The first-order valence-corrected chi connectivity index (χ1v) is 5.33. The lowest BCUT2D eigenvalue weighted by Crippen LogP contribution is -2.24. The van der Waals surface area contributed by atoms with Crippen LogP contribution in [0.2, 0.25) is 0 Å². The number of nitrogens with one attached hydrogen (secondary N) is 1. The molecule has 0 aliphatic rings. The maximum Gasteiger partial charge on any atom is 0.419 e. The lowest BCUT2D eigenvalue weighted by atomic mass is 10.1. The third kappa shape index (κ3) is 4.31. The molecule has 0 aliphatic heterocycles. The van der Waals surface area contributed by atoms with E-state index in [0.29, 0.717) is 6.07 Å². The maximum absolute atomic E-state index is 13.0. The van der Waals surface area contributed by atoms with Gasteiger partial charge in [-0.2, -0.15) is 13.2 Å². The first-order chi connectivity index (χ1) is 8.74. The van der Waals surface area contributed by atoms with E-state index in [9.17, 15) is 17.6 Å². The van der Waals surface area contributed by atoms with Crippen molar-refractivity contribution >= 4 is 11.5 Å². The van der Waals surface area contributed by atoms with E-state index in [0.717, 1.165) is 6.07 Å². The minimum Gasteiger partial charge on any atom is -0.409 e. The van der Waals surface area contributed by atoms with Crippen molar-refractivity contribution in [3.8, 4) is 0 Å². The van der Waals surface area contributed by atoms with Gasteiger partial charge in [0.1, 0.15) is 11.7 Å². The molecule has 0 spiro atoms. The Labute approximate surface area is 106 Å². The Kier molecular flexibility index (Phi) is 4.57. The molecule has 1 rings (SSSR count). The summed E-state index contributed by atoms with van der Waals surface area (Å²) in [6.45, 7) is 1.63. The molecular formula is C11H13F4N3O. The first kappa shape index (κ1) is 15.1. The molecule has 0 saturated heterocycles. The van der Waals surface area contributed by atoms with Gasteiger partial charge in [0.25, 0.3) is 0 Å². The summed E-state index contributed by atoms with van der Waals surface area (Å²) in [5.74, 6) is -1.39. The fourth-order valence-corrected chi connectivity index (χ4v) is 1.52. The van der Waals surface area contributed by atoms with Crippen LogP contribution in [0, 0.1) is 5.82 Å². The van der Waals surface area contributed by atoms with Crippen LogP contribution in [0.15, 0.2) is 23.4 Å². The number of benzene rings is 1. The van der Waals surface area contributed by atoms with Gasteiger partial charge in [-0.15, -0.1) is 0 Å². The van der Waals surface area contributed by atoms with Crippen molar-refractivity contribution in [1.82, 2.24) is 0 Å². The second-order valence-corrected chi connectivity index (χ2v) is 4.03. The Morgan fingerprint density at radius 2 is 2.11 bits per heavy atom. The van der Waals surface area contributed by atoms with Gasteiger partial charge in [-0.1, -0.05) is 5.16 Å². The highest BCUT2D eigenvalue weighted by molar-refractivity contribution is 5.80. The SMILES string of the molecule is CC(CC(N)=NO)Nc1ccc(F)c(C(F)(F)F)c1. The Hall–Kier alpha value is -1.99. The zero-order valence-corrected chi connectivity index (χ0v) is 10.0. The van der Waals surface area contributed by atoms with Gasteiger partial charge in [-0.3, -0.25) is 0 Å². The van der Waals surface area contributed by atoms with Gasteiger partial charge >= 0.3 is 6.18 Å². The smallest absolute Gasteiger partial charge is 0.409 e. The zero-order chi connectivity index (χ0) is 14.6. The summed E-state index contributed by atoms with van der Waals surface area (Å²) in [4.78, 5) is 0. The van der Waals surface area contributed by atoms with Crippen molar-refractivity contribution in [2.24, 2.45) is 10.9 Å². The molecule has 106 valence electrons. The number of amidine groups is 1. The largest absolute Gasteiger partial charge is 0.419 e. The number of oxime groups is 1. The number of halogens is 4. The predicted octanol–water partition coefficient (Wildman–Crippen LogP) is 2.78. The summed E-state index contributed by atoms with van der Waals surface area (Å²) < 4.78 is 50.5. The molecule has 1 aromatic carbocycles. The van der Waals surface area contributed by atoms with Crippen molar-refractivity contribution in [3.05, 3.63) is 29.6 Å². The van der Waals surface area contributed by atoms with Crippen LogP contribution in [0.3, 0.4) is 0 Å². The van der Waals surface area contributed by atoms with E-state index in [1.807, 2.05) is 0 Å². The summed E-state index contributed by atoms with van der Waals surface area (Å²) in [7, 11) is 0. The van der Waals surface area contributed by atoms with Gasteiger partial charge in [-0.25, -0.2) is 4.39 Å². The van der Waals surface area contributed by atoms with E-state index in [-0.39, 0.29) is 24.0 Å². The molecule has 8 heteroatoms. The quantitative estimate of drug-likeness (QED) is 0.261. The standard InChI is InChI=1S/C11H13F4N3O/c1-6(4-10(16)18-19)17-7-2-3-9(12)8(5-7)11(13,14)15/h2-3,5-6,17,19H,4H2,1H3,(H2,16,18). The van der Waals surface area contributed by atoms with Crippen molar-refractivity contribution in [1.29, 1.82) is 0 Å². The molecule has 0 amide bonds. The lowest BCUT2D eigenvalue weighted by Gasteiger charge is -2.16. The predicted molar refractivity (Wildman–Crippen MR) is 62.5 cm³/mol. The number of rotatable bonds is 4. The molecule has 0 aliphatic carbocycles. The van der Waals surface area contributed by atoms with E-state index >= 15 is 0 Å². The zero-order valence-electron chi connectivity index (χ0n) is 10.0. The normalized spacial score (nSPS) is 14.3. The summed E-state index contributed by atoms with van der Waals surface area (Å²) in [6, 6.07) is 2.23. The summed E-state index contributed by atoms with van der Waals surface area (Å²) in [6.07, 6.45) is -4.62. The van der Waals surface area contributed by atoms with Crippen LogP contribution in [0.25, 0.3) is 0 Å². The minimum absolute atomic E-state index is 0.0573. The number of hydrogen-bond donors (Lipinski definition) is 3. The van der Waals surface area contributed by atoms with Crippen molar-refractivity contribution < 1.29 is 22.8 Å². The molecule has 19 heavy (non-hydrogen) atoms. The average Bonchev–Trinajstić information content (AvgIpc) is 2.29. The summed E-state index contributed by atoms with van der Waals surface area (Å²) in [5.41, 5.74) is 4.04. The highest BCUT2D eigenvalue weighted by Gasteiger charge is 2.34. The molecule has 0 heterocycles. The number of alkyl halides is 3. The van der Waals surface area contributed by atoms with Gasteiger partial charge in [-0.05, 0) is 25.1 Å². The average molecular weight is 279 g/mol. The molecule has 4 nitrogen and oxygen atoms in total. The molecule has 0 radical (unpaired) electrons. The van der Waals surface area contributed by atoms with Crippen molar-refractivity contribution in [2.45, 2.75) is 25.6 Å². The molecule has 0 aromatic heterocycles. The van der Waals surface area contributed by atoms with Crippen LogP contribution >= 0.6 is 0 Å². The molecule has 0 fully saturated rings. The maximum atomic E-state index is 13.0. The van der Waals surface area contributed by atoms with E-state index in [1.54, 1.807) is 6.92 Å². The van der Waals surface area contributed by atoms with Gasteiger partial charge < -0.3 is 16.3 Å². The Balaban J connectivity index is 2.86. The van der Waals surface area contributed by atoms with Crippen molar-refractivity contribution in [3.63, 3.8) is 0 Å².